The van der Waals surface area contributed by atoms with E-state index < -0.39 is 5.91 Å². The van der Waals surface area contributed by atoms with Crippen molar-refractivity contribution in [3.8, 4) is 11.8 Å². The normalized spacial score (nSPS) is 12.2. The number of nitrogens with two attached hydrogens (primary N) is 2. The number of nitrogen functional groups attached to an aromatic ring is 1. The van der Waals surface area contributed by atoms with Gasteiger partial charge < -0.3 is 21.2 Å². The Labute approximate surface area is 191 Å². The third-order valence-corrected chi connectivity index (χ3v) is 5.72. The highest BCUT2D eigenvalue weighted by Crippen LogP contribution is 2.16. The number of nitrogens with zero attached hydrogens (tertiary/aromatic N) is 1. The highest BCUT2D eigenvalue weighted by Gasteiger charge is 2.12. The average molecular weight is 449 g/mol. The van der Waals surface area contributed by atoms with Gasteiger partial charge in [0.2, 0.25) is 5.91 Å². The van der Waals surface area contributed by atoms with Gasteiger partial charge in [-0.25, -0.2) is 4.98 Å². The third-order valence-electron chi connectivity index (χ3n) is 4.56. The highest BCUT2D eigenvalue weighted by molar-refractivity contribution is 7.99. The minimum atomic E-state index is -0.608. The molecule has 1 saturated heterocycles. The van der Waals surface area contributed by atoms with Crippen LogP contribution in [0.3, 0.4) is 0 Å². The predicted molar refractivity (Wildman–Crippen MR) is 128 cm³/mol. The Morgan fingerprint density at radius 3 is 2.56 bits per heavy atom. The van der Waals surface area contributed by atoms with Crippen molar-refractivity contribution < 1.29 is 14.0 Å². The lowest BCUT2D eigenvalue weighted by Crippen LogP contribution is -2.12. The number of primary amides is 1. The minimum Gasteiger partial charge on any atom is -0.459 e. The van der Waals surface area contributed by atoms with Crippen LogP contribution in [0.5, 0.6) is 0 Å². The van der Waals surface area contributed by atoms with Crippen molar-refractivity contribution in [3.05, 3.63) is 76.9 Å². The van der Waals surface area contributed by atoms with Gasteiger partial charge >= 0.3 is 0 Å². The molecule has 0 saturated carbocycles. The molecule has 0 radical (unpaired) electrons. The molecule has 164 valence electrons. The lowest BCUT2D eigenvalue weighted by atomic mass is 10.1. The molecule has 1 fully saturated rings. The van der Waals surface area contributed by atoms with Gasteiger partial charge in [-0.2, -0.15) is 11.8 Å². The zero-order valence-corrected chi connectivity index (χ0v) is 18.5. The van der Waals surface area contributed by atoms with Gasteiger partial charge in [0.05, 0.1) is 17.4 Å². The molecule has 3 heterocycles. The number of pyridine rings is 1. The van der Waals surface area contributed by atoms with Crippen molar-refractivity contribution in [3.63, 3.8) is 0 Å². The fourth-order valence-corrected chi connectivity index (χ4v) is 3.85. The van der Waals surface area contributed by atoms with Gasteiger partial charge in [-0.1, -0.05) is 17.9 Å². The van der Waals surface area contributed by atoms with E-state index in [9.17, 15) is 9.59 Å². The molecule has 8 heteroatoms. The van der Waals surface area contributed by atoms with Crippen LogP contribution in [0.15, 0.2) is 53.3 Å². The second-order valence-electron chi connectivity index (χ2n) is 7.06. The van der Waals surface area contributed by atoms with E-state index in [-0.39, 0.29) is 23.0 Å². The summed E-state index contributed by atoms with van der Waals surface area (Å²) in [6.45, 7) is 1.79. The topological polar surface area (TPSA) is 124 Å². The molecular weight excluding hydrogens is 424 g/mol. The van der Waals surface area contributed by atoms with E-state index in [1.165, 1.54) is 42.9 Å². The Morgan fingerprint density at radius 2 is 1.94 bits per heavy atom. The first-order valence-corrected chi connectivity index (χ1v) is 11.2. The number of benzene rings is 1. The van der Waals surface area contributed by atoms with E-state index in [2.05, 4.69) is 33.9 Å². The van der Waals surface area contributed by atoms with Gasteiger partial charge in [0.25, 0.3) is 5.91 Å². The Balaban J connectivity index is 0.000000509. The van der Waals surface area contributed by atoms with Gasteiger partial charge in [0, 0.05) is 23.0 Å². The van der Waals surface area contributed by atoms with Crippen LogP contribution in [0, 0.1) is 18.8 Å². The zero-order valence-electron chi connectivity index (χ0n) is 17.7. The van der Waals surface area contributed by atoms with Crippen LogP contribution in [0.4, 0.5) is 11.5 Å². The number of hydrogen-bond donors (Lipinski definition) is 3. The number of rotatable bonds is 3. The number of hydrogen-bond acceptors (Lipinski definition) is 6. The number of aromatic nitrogens is 1. The number of aryl methyl sites for hydroxylation is 1. The van der Waals surface area contributed by atoms with Crippen LogP contribution in [0.2, 0.25) is 0 Å². The lowest BCUT2D eigenvalue weighted by Gasteiger charge is -2.04. The van der Waals surface area contributed by atoms with Gasteiger partial charge in [-0.3, -0.25) is 9.59 Å². The second kappa shape index (κ2) is 11.1. The molecule has 3 aromatic rings. The molecule has 1 aliphatic heterocycles. The van der Waals surface area contributed by atoms with E-state index in [4.69, 9.17) is 15.9 Å². The molecule has 4 rings (SSSR count). The first-order chi connectivity index (χ1) is 15.4. The SMILES string of the molecule is C1CCSC1.Cc1ccoc1C(=O)Nc1cccc(C#Cc2cc(C(N)=O)cnc2N)c1. The van der Waals surface area contributed by atoms with Crippen molar-refractivity contribution in [2.75, 3.05) is 22.6 Å². The largest absolute Gasteiger partial charge is 0.459 e. The van der Waals surface area contributed by atoms with Gasteiger partial charge in [0.1, 0.15) is 5.82 Å². The molecule has 0 unspecified atom stereocenters. The summed E-state index contributed by atoms with van der Waals surface area (Å²) in [7, 11) is 0. The Bertz CT molecular complexity index is 1170. The van der Waals surface area contributed by atoms with Crippen LogP contribution in [-0.2, 0) is 0 Å². The molecule has 2 aromatic heterocycles. The molecule has 1 aliphatic rings. The molecule has 0 spiro atoms. The van der Waals surface area contributed by atoms with E-state index in [1.54, 1.807) is 37.3 Å². The molecule has 0 atom stereocenters. The first-order valence-electron chi connectivity index (χ1n) is 10.0. The van der Waals surface area contributed by atoms with Crippen molar-refractivity contribution in [2.24, 2.45) is 5.73 Å². The van der Waals surface area contributed by atoms with E-state index in [1.807, 2.05) is 0 Å². The van der Waals surface area contributed by atoms with Crippen molar-refractivity contribution >= 4 is 35.1 Å². The highest BCUT2D eigenvalue weighted by atomic mass is 32.2. The number of thioether (sulfide) groups is 1. The maximum absolute atomic E-state index is 12.2. The summed E-state index contributed by atoms with van der Waals surface area (Å²) in [5.41, 5.74) is 13.6. The maximum atomic E-state index is 12.2. The number of carbonyl (C=O) groups is 2. The molecule has 0 aliphatic carbocycles. The van der Waals surface area contributed by atoms with E-state index in [0.717, 1.165) is 5.56 Å². The zero-order chi connectivity index (χ0) is 22.9. The quantitative estimate of drug-likeness (QED) is 0.523. The second-order valence-corrected chi connectivity index (χ2v) is 8.28. The molecule has 1 aromatic carbocycles. The Hall–Kier alpha value is -3.70. The summed E-state index contributed by atoms with van der Waals surface area (Å²) < 4.78 is 5.18. The van der Waals surface area contributed by atoms with Crippen molar-refractivity contribution in [1.29, 1.82) is 0 Å². The predicted octanol–water partition coefficient (Wildman–Crippen LogP) is 3.83. The molecular formula is C24H24N4O3S. The molecule has 7 nitrogen and oxygen atoms in total. The summed E-state index contributed by atoms with van der Waals surface area (Å²) in [5.74, 6) is 8.14. The van der Waals surface area contributed by atoms with Crippen LogP contribution in [0.1, 0.15) is 50.4 Å². The Morgan fingerprint density at radius 1 is 1.16 bits per heavy atom. The number of anilines is 2. The number of amides is 2. The van der Waals surface area contributed by atoms with Crippen molar-refractivity contribution in [1.82, 2.24) is 4.98 Å². The van der Waals surface area contributed by atoms with Gasteiger partial charge in [-0.05, 0) is 61.6 Å². The standard InChI is InChI=1S/C20H16N4O3.C4H8S/c1-12-7-8-27-17(12)20(26)24-16-4-2-3-13(9-16)5-6-14-10-15(19(22)25)11-23-18(14)21;1-2-4-5-3-1/h2-4,7-11H,1H3,(H2,21,23)(H2,22,25)(H,24,26);1-4H2. The van der Waals surface area contributed by atoms with Crippen LogP contribution < -0.4 is 16.8 Å². The summed E-state index contributed by atoms with van der Waals surface area (Å²) >= 11 is 2.07. The monoisotopic (exact) mass is 448 g/mol. The molecule has 0 bridgehead atoms. The first kappa shape index (κ1) is 23.0. The average Bonchev–Trinajstić information content (AvgIpc) is 3.48. The molecule has 32 heavy (non-hydrogen) atoms. The Kier molecular flexibility index (Phi) is 7.95. The summed E-state index contributed by atoms with van der Waals surface area (Å²) in [4.78, 5) is 27.4. The van der Waals surface area contributed by atoms with Crippen LogP contribution in [0.25, 0.3) is 0 Å². The summed E-state index contributed by atoms with van der Waals surface area (Å²) in [5, 5.41) is 2.76. The van der Waals surface area contributed by atoms with E-state index >= 15 is 0 Å². The lowest BCUT2D eigenvalue weighted by molar-refractivity contribution is 0.0989. The summed E-state index contributed by atoms with van der Waals surface area (Å²) in [6, 6.07) is 10.2. The van der Waals surface area contributed by atoms with Gasteiger partial charge in [0.15, 0.2) is 5.76 Å². The fourth-order valence-electron chi connectivity index (χ4n) is 2.83. The number of carbonyl (C=O) groups excluding carboxylic acids is 2. The molecule has 5 N–H and O–H groups in total. The van der Waals surface area contributed by atoms with Crippen LogP contribution >= 0.6 is 11.8 Å². The number of nitrogens with one attached hydrogen (secondary N) is 1. The van der Waals surface area contributed by atoms with Gasteiger partial charge in [-0.15, -0.1) is 0 Å². The number of furan rings is 1. The fraction of sp³-hybridized carbons (Fsp3) is 0.208. The van der Waals surface area contributed by atoms with E-state index in [0.29, 0.717) is 16.8 Å². The third kappa shape index (κ3) is 6.40. The summed E-state index contributed by atoms with van der Waals surface area (Å²) in [6.07, 6.45) is 5.69. The smallest absolute Gasteiger partial charge is 0.291 e. The van der Waals surface area contributed by atoms with Crippen LogP contribution in [-0.4, -0.2) is 28.3 Å². The van der Waals surface area contributed by atoms with Crippen molar-refractivity contribution in [2.45, 2.75) is 19.8 Å². The minimum absolute atomic E-state index is 0.199. The molecule has 2 amide bonds. The maximum Gasteiger partial charge on any atom is 0.291 e.